The Kier molecular flexibility index (Phi) is 6.39. The number of carbonyl (C=O) groups is 1. The van der Waals surface area contributed by atoms with Gasteiger partial charge in [-0.25, -0.2) is 0 Å². The molecule has 0 aliphatic carbocycles. The van der Waals surface area contributed by atoms with Crippen molar-refractivity contribution in [2.45, 2.75) is 13.0 Å². The Morgan fingerprint density at radius 1 is 1.09 bits per heavy atom. The number of pyridine rings is 1. The summed E-state index contributed by atoms with van der Waals surface area (Å²) in [5.74, 6) is 0.843. The van der Waals surface area contributed by atoms with E-state index in [9.17, 15) is 4.79 Å². The van der Waals surface area contributed by atoms with E-state index in [0.717, 1.165) is 17.7 Å². The average Bonchev–Trinajstić information content (AvgIpc) is 2.56. The molecule has 2 N–H and O–H groups in total. The van der Waals surface area contributed by atoms with Crippen LogP contribution in [-0.4, -0.2) is 31.1 Å². The maximum Gasteiger partial charge on any atom is 0.233 e. The number of methoxy groups -OCH3 is 1. The lowest BCUT2D eigenvalue weighted by Crippen LogP contribution is -2.34. The topological polar surface area (TPSA) is 63.2 Å². The minimum absolute atomic E-state index is 0.00238. The molecule has 0 fully saturated rings. The molecule has 116 valence electrons. The van der Waals surface area contributed by atoms with Gasteiger partial charge in [-0.2, -0.15) is 0 Å². The summed E-state index contributed by atoms with van der Waals surface area (Å²) in [5, 5.41) is 6.01. The number of aromatic nitrogens is 1. The zero-order chi connectivity index (χ0) is 15.6. The van der Waals surface area contributed by atoms with Crippen LogP contribution in [0.15, 0.2) is 48.8 Å². The van der Waals surface area contributed by atoms with Crippen LogP contribution < -0.4 is 15.4 Å². The van der Waals surface area contributed by atoms with Gasteiger partial charge in [0.05, 0.1) is 13.7 Å². The lowest BCUT2D eigenvalue weighted by Gasteiger charge is -2.07. The number of amides is 1. The molecule has 5 nitrogen and oxygen atoms in total. The maximum atomic E-state index is 11.7. The Morgan fingerprint density at radius 2 is 1.82 bits per heavy atom. The molecule has 1 aromatic carbocycles. The number of ether oxygens (including phenoxy) is 1. The fourth-order valence-electron chi connectivity index (χ4n) is 2.02. The monoisotopic (exact) mass is 299 g/mol. The normalized spacial score (nSPS) is 10.2. The van der Waals surface area contributed by atoms with E-state index < -0.39 is 0 Å². The van der Waals surface area contributed by atoms with Crippen LogP contribution in [-0.2, 0) is 17.8 Å². The van der Waals surface area contributed by atoms with Crippen molar-refractivity contribution in [3.63, 3.8) is 0 Å². The summed E-state index contributed by atoms with van der Waals surface area (Å²) in [7, 11) is 1.65. The molecule has 1 aromatic heterocycles. The van der Waals surface area contributed by atoms with Gasteiger partial charge in [0.15, 0.2) is 0 Å². The van der Waals surface area contributed by atoms with Crippen molar-refractivity contribution in [3.05, 3.63) is 59.9 Å². The molecule has 0 aliphatic heterocycles. The van der Waals surface area contributed by atoms with Crippen molar-refractivity contribution in [2.75, 3.05) is 20.2 Å². The molecule has 2 rings (SSSR count). The van der Waals surface area contributed by atoms with E-state index in [0.29, 0.717) is 19.6 Å². The maximum absolute atomic E-state index is 11.7. The van der Waals surface area contributed by atoms with Crippen molar-refractivity contribution in [1.82, 2.24) is 15.6 Å². The van der Waals surface area contributed by atoms with Crippen LogP contribution >= 0.6 is 0 Å². The molecular formula is C17H21N3O2. The van der Waals surface area contributed by atoms with Gasteiger partial charge in [-0.1, -0.05) is 12.1 Å². The molecule has 1 amide bonds. The first-order chi connectivity index (χ1) is 10.8. The van der Waals surface area contributed by atoms with E-state index in [1.165, 1.54) is 5.56 Å². The Balaban J connectivity index is 1.61. The number of rotatable bonds is 8. The van der Waals surface area contributed by atoms with E-state index in [1.807, 2.05) is 36.4 Å². The smallest absolute Gasteiger partial charge is 0.233 e. The van der Waals surface area contributed by atoms with Crippen molar-refractivity contribution < 1.29 is 9.53 Å². The molecule has 5 heteroatoms. The first kappa shape index (κ1) is 16.0. The highest BCUT2D eigenvalue weighted by Gasteiger charge is 2.01. The Labute approximate surface area is 130 Å². The second-order valence-electron chi connectivity index (χ2n) is 4.91. The fourth-order valence-corrected chi connectivity index (χ4v) is 2.02. The van der Waals surface area contributed by atoms with E-state index in [2.05, 4.69) is 15.6 Å². The Hall–Kier alpha value is -2.40. The zero-order valence-electron chi connectivity index (χ0n) is 12.7. The molecule has 0 atom stereocenters. The second kappa shape index (κ2) is 8.79. The van der Waals surface area contributed by atoms with Gasteiger partial charge >= 0.3 is 0 Å². The minimum atomic E-state index is 0.00238. The summed E-state index contributed by atoms with van der Waals surface area (Å²) in [5.41, 5.74) is 2.28. The van der Waals surface area contributed by atoms with E-state index in [1.54, 1.807) is 19.5 Å². The Morgan fingerprint density at radius 3 is 2.50 bits per heavy atom. The SMILES string of the molecule is COc1ccc(CCNC(=O)CNCc2ccncc2)cc1. The van der Waals surface area contributed by atoms with Gasteiger partial charge in [0.2, 0.25) is 5.91 Å². The highest BCUT2D eigenvalue weighted by Crippen LogP contribution is 2.11. The lowest BCUT2D eigenvalue weighted by molar-refractivity contribution is -0.120. The summed E-state index contributed by atoms with van der Waals surface area (Å²) >= 11 is 0. The van der Waals surface area contributed by atoms with Gasteiger partial charge in [-0.15, -0.1) is 0 Å². The average molecular weight is 299 g/mol. The highest BCUT2D eigenvalue weighted by molar-refractivity contribution is 5.77. The number of nitrogens with one attached hydrogen (secondary N) is 2. The summed E-state index contributed by atoms with van der Waals surface area (Å²) in [6, 6.07) is 11.7. The van der Waals surface area contributed by atoms with Crippen molar-refractivity contribution >= 4 is 5.91 Å². The van der Waals surface area contributed by atoms with Gasteiger partial charge in [0, 0.05) is 25.5 Å². The van der Waals surface area contributed by atoms with Crippen LogP contribution in [0.2, 0.25) is 0 Å². The molecule has 22 heavy (non-hydrogen) atoms. The van der Waals surface area contributed by atoms with Crippen molar-refractivity contribution in [1.29, 1.82) is 0 Å². The summed E-state index contributed by atoms with van der Waals surface area (Å²) < 4.78 is 5.11. The van der Waals surface area contributed by atoms with Crippen LogP contribution in [0.25, 0.3) is 0 Å². The summed E-state index contributed by atoms with van der Waals surface area (Å²) in [6.07, 6.45) is 4.29. The van der Waals surface area contributed by atoms with Gasteiger partial charge < -0.3 is 15.4 Å². The van der Waals surface area contributed by atoms with Crippen LogP contribution in [0.4, 0.5) is 0 Å². The molecule has 0 saturated carbocycles. The standard InChI is InChI=1S/C17H21N3O2/c1-22-16-4-2-14(3-5-16)8-11-20-17(21)13-19-12-15-6-9-18-10-7-15/h2-7,9-10,19H,8,11-13H2,1H3,(H,20,21). The first-order valence-electron chi connectivity index (χ1n) is 7.27. The fraction of sp³-hybridized carbons (Fsp3) is 0.294. The molecule has 0 saturated heterocycles. The molecule has 0 spiro atoms. The number of hydrogen-bond acceptors (Lipinski definition) is 4. The summed E-state index contributed by atoms with van der Waals surface area (Å²) in [6.45, 7) is 1.60. The van der Waals surface area contributed by atoms with E-state index >= 15 is 0 Å². The highest BCUT2D eigenvalue weighted by atomic mass is 16.5. The third-order valence-corrected chi connectivity index (χ3v) is 3.26. The van der Waals surface area contributed by atoms with Gasteiger partial charge in [-0.05, 0) is 41.8 Å². The van der Waals surface area contributed by atoms with Gasteiger partial charge in [0.25, 0.3) is 0 Å². The predicted molar refractivity (Wildman–Crippen MR) is 85.7 cm³/mol. The number of benzene rings is 1. The largest absolute Gasteiger partial charge is 0.497 e. The van der Waals surface area contributed by atoms with E-state index in [-0.39, 0.29) is 5.91 Å². The molecule has 0 aliphatic rings. The van der Waals surface area contributed by atoms with Gasteiger partial charge in [0.1, 0.15) is 5.75 Å². The number of carbonyl (C=O) groups excluding carboxylic acids is 1. The zero-order valence-corrected chi connectivity index (χ0v) is 12.7. The quantitative estimate of drug-likeness (QED) is 0.776. The third kappa shape index (κ3) is 5.54. The third-order valence-electron chi connectivity index (χ3n) is 3.26. The van der Waals surface area contributed by atoms with Crippen LogP contribution in [0.1, 0.15) is 11.1 Å². The first-order valence-corrected chi connectivity index (χ1v) is 7.27. The lowest BCUT2D eigenvalue weighted by atomic mass is 10.1. The molecule has 1 heterocycles. The predicted octanol–water partition coefficient (Wildman–Crippen LogP) is 1.54. The summed E-state index contributed by atoms with van der Waals surface area (Å²) in [4.78, 5) is 15.7. The van der Waals surface area contributed by atoms with Crippen LogP contribution in [0, 0.1) is 0 Å². The molecule has 0 bridgehead atoms. The minimum Gasteiger partial charge on any atom is -0.497 e. The Bertz CT molecular complexity index is 570. The number of nitrogens with zero attached hydrogens (tertiary/aromatic N) is 1. The van der Waals surface area contributed by atoms with Crippen molar-refractivity contribution in [3.8, 4) is 5.75 Å². The number of hydrogen-bond donors (Lipinski definition) is 2. The van der Waals surface area contributed by atoms with E-state index in [4.69, 9.17) is 4.74 Å². The molecule has 2 aromatic rings. The molecular weight excluding hydrogens is 278 g/mol. The molecule has 0 unspecified atom stereocenters. The van der Waals surface area contributed by atoms with Gasteiger partial charge in [-0.3, -0.25) is 9.78 Å². The second-order valence-corrected chi connectivity index (χ2v) is 4.91. The van der Waals surface area contributed by atoms with Crippen LogP contribution in [0.3, 0.4) is 0 Å². The van der Waals surface area contributed by atoms with Crippen LogP contribution in [0.5, 0.6) is 5.75 Å². The van der Waals surface area contributed by atoms with Crippen molar-refractivity contribution in [2.24, 2.45) is 0 Å². The molecule has 0 radical (unpaired) electrons.